The van der Waals surface area contributed by atoms with Crippen LogP contribution < -0.4 is 5.73 Å². The Morgan fingerprint density at radius 1 is 1.57 bits per heavy atom. The topological polar surface area (TPSA) is 43.1 Å². The third-order valence-electron chi connectivity index (χ3n) is 2.34. The lowest BCUT2D eigenvalue weighted by atomic mass is 9.97. The summed E-state index contributed by atoms with van der Waals surface area (Å²) < 4.78 is 13.0. The van der Waals surface area contributed by atoms with E-state index in [4.69, 9.17) is 5.73 Å². The molecule has 0 saturated heterocycles. The van der Waals surface area contributed by atoms with Crippen molar-refractivity contribution in [3.8, 4) is 0 Å². The van der Waals surface area contributed by atoms with Gasteiger partial charge in [-0.25, -0.2) is 4.39 Å². The third-order valence-corrected chi connectivity index (χ3v) is 2.34. The number of carbonyl (C=O) groups excluding carboxylic acids is 1. The number of nitrogens with two attached hydrogens (primary N) is 1. The molecule has 1 aromatic carbocycles. The molecule has 3 heteroatoms. The molecule has 0 radical (unpaired) electrons. The Kier molecular flexibility index (Phi) is 3.23. The van der Waals surface area contributed by atoms with Gasteiger partial charge in [-0.3, -0.25) is 4.79 Å². The largest absolute Gasteiger partial charge is 0.396 e. The van der Waals surface area contributed by atoms with Crippen molar-refractivity contribution in [2.45, 2.75) is 20.3 Å². The highest BCUT2D eigenvalue weighted by atomic mass is 19.1. The number of hydrogen-bond donors (Lipinski definition) is 1. The normalized spacial score (nSPS) is 12.5. The predicted octanol–water partition coefficient (Wildman–Crippen LogP) is 2.64. The second kappa shape index (κ2) is 4.22. The molecule has 76 valence electrons. The lowest BCUT2D eigenvalue weighted by Crippen LogP contribution is -2.10. The van der Waals surface area contributed by atoms with Crippen molar-refractivity contribution in [3.05, 3.63) is 29.6 Å². The molecule has 2 N–H and O–H groups in total. The number of carbonyl (C=O) groups is 1. The van der Waals surface area contributed by atoms with Gasteiger partial charge in [-0.15, -0.1) is 0 Å². The number of halogens is 1. The summed E-state index contributed by atoms with van der Waals surface area (Å²) in [7, 11) is 0. The van der Waals surface area contributed by atoms with Gasteiger partial charge in [-0.1, -0.05) is 13.8 Å². The Balaban J connectivity index is 2.97. The monoisotopic (exact) mass is 195 g/mol. The van der Waals surface area contributed by atoms with Gasteiger partial charge in [0.1, 0.15) is 5.82 Å². The van der Waals surface area contributed by atoms with E-state index in [1.807, 2.05) is 13.8 Å². The van der Waals surface area contributed by atoms with Gasteiger partial charge < -0.3 is 5.73 Å². The molecule has 0 aliphatic carbocycles. The molecule has 0 aliphatic rings. The van der Waals surface area contributed by atoms with Gasteiger partial charge >= 0.3 is 0 Å². The van der Waals surface area contributed by atoms with Crippen molar-refractivity contribution in [1.82, 2.24) is 0 Å². The molecule has 0 aliphatic heterocycles. The number of rotatable bonds is 3. The Morgan fingerprint density at radius 2 is 2.21 bits per heavy atom. The number of nitrogen functional groups attached to an aromatic ring is 1. The van der Waals surface area contributed by atoms with Gasteiger partial charge in [0.15, 0.2) is 5.78 Å². The van der Waals surface area contributed by atoms with Crippen LogP contribution in [0.25, 0.3) is 0 Å². The fourth-order valence-corrected chi connectivity index (χ4v) is 1.15. The van der Waals surface area contributed by atoms with Crippen molar-refractivity contribution in [2.24, 2.45) is 5.92 Å². The van der Waals surface area contributed by atoms with Crippen LogP contribution in [0.2, 0.25) is 0 Å². The summed E-state index contributed by atoms with van der Waals surface area (Å²) in [5.41, 5.74) is 5.78. The van der Waals surface area contributed by atoms with E-state index >= 15 is 0 Å². The molecule has 1 unspecified atom stereocenters. The summed E-state index contributed by atoms with van der Waals surface area (Å²) in [4.78, 5) is 11.6. The Labute approximate surface area is 82.9 Å². The predicted molar refractivity (Wildman–Crippen MR) is 54.6 cm³/mol. The summed E-state index contributed by atoms with van der Waals surface area (Å²) in [5, 5.41) is 0. The molecule has 0 saturated carbocycles. The van der Waals surface area contributed by atoms with E-state index in [0.29, 0.717) is 5.56 Å². The number of hydrogen-bond acceptors (Lipinski definition) is 2. The van der Waals surface area contributed by atoms with E-state index in [0.717, 1.165) is 6.42 Å². The Bertz CT molecular complexity index is 349. The SMILES string of the molecule is CCC(C)C(=O)c1ccc(N)c(F)c1. The first kappa shape index (κ1) is 10.7. The number of benzene rings is 1. The van der Waals surface area contributed by atoms with Gasteiger partial charge in [0.05, 0.1) is 5.69 Å². The van der Waals surface area contributed by atoms with E-state index in [1.54, 1.807) is 6.07 Å². The van der Waals surface area contributed by atoms with Crippen LogP contribution in [0.1, 0.15) is 30.6 Å². The lowest BCUT2D eigenvalue weighted by molar-refractivity contribution is 0.0927. The van der Waals surface area contributed by atoms with E-state index in [9.17, 15) is 9.18 Å². The second-order valence-corrected chi connectivity index (χ2v) is 3.41. The van der Waals surface area contributed by atoms with Crippen molar-refractivity contribution < 1.29 is 9.18 Å². The van der Waals surface area contributed by atoms with Crippen molar-refractivity contribution in [1.29, 1.82) is 0 Å². The van der Waals surface area contributed by atoms with Crippen molar-refractivity contribution in [3.63, 3.8) is 0 Å². The maximum atomic E-state index is 13.0. The number of anilines is 1. The minimum absolute atomic E-state index is 0.0357. The second-order valence-electron chi connectivity index (χ2n) is 3.41. The fraction of sp³-hybridized carbons (Fsp3) is 0.364. The molecule has 1 aromatic rings. The van der Waals surface area contributed by atoms with Crippen LogP contribution in [0.15, 0.2) is 18.2 Å². The van der Waals surface area contributed by atoms with Crippen LogP contribution in [-0.4, -0.2) is 5.78 Å². The third kappa shape index (κ3) is 2.10. The average molecular weight is 195 g/mol. The van der Waals surface area contributed by atoms with Gasteiger partial charge in [0.2, 0.25) is 0 Å². The first-order chi connectivity index (χ1) is 6.56. The van der Waals surface area contributed by atoms with Crippen LogP contribution >= 0.6 is 0 Å². The molecule has 1 atom stereocenters. The van der Waals surface area contributed by atoms with Crippen LogP contribution in [0, 0.1) is 11.7 Å². The molecule has 14 heavy (non-hydrogen) atoms. The highest BCUT2D eigenvalue weighted by molar-refractivity contribution is 5.97. The van der Waals surface area contributed by atoms with Gasteiger partial charge in [0.25, 0.3) is 0 Å². The van der Waals surface area contributed by atoms with Gasteiger partial charge in [-0.2, -0.15) is 0 Å². The van der Waals surface area contributed by atoms with Crippen LogP contribution in [0.4, 0.5) is 10.1 Å². The summed E-state index contributed by atoms with van der Waals surface area (Å²) in [6.07, 6.45) is 0.755. The molecule has 2 nitrogen and oxygen atoms in total. The summed E-state index contributed by atoms with van der Waals surface area (Å²) in [6.45, 7) is 3.76. The maximum absolute atomic E-state index is 13.0. The zero-order valence-corrected chi connectivity index (χ0v) is 8.38. The molecular weight excluding hydrogens is 181 g/mol. The minimum Gasteiger partial charge on any atom is -0.396 e. The fourth-order valence-electron chi connectivity index (χ4n) is 1.15. The smallest absolute Gasteiger partial charge is 0.165 e. The maximum Gasteiger partial charge on any atom is 0.165 e. The number of Topliss-reactive ketones (excluding diaryl/α,β-unsaturated/α-hetero) is 1. The molecule has 1 rings (SSSR count). The zero-order valence-electron chi connectivity index (χ0n) is 8.38. The zero-order chi connectivity index (χ0) is 10.7. The van der Waals surface area contributed by atoms with Gasteiger partial charge in [0, 0.05) is 11.5 Å². The molecule has 0 spiro atoms. The van der Waals surface area contributed by atoms with Crippen LogP contribution in [-0.2, 0) is 0 Å². The van der Waals surface area contributed by atoms with E-state index in [2.05, 4.69) is 0 Å². The molecule has 0 aromatic heterocycles. The average Bonchev–Trinajstić information content (AvgIpc) is 2.20. The van der Waals surface area contributed by atoms with Crippen LogP contribution in [0.3, 0.4) is 0 Å². The standard InChI is InChI=1S/C11H14FNO/c1-3-7(2)11(14)8-4-5-10(13)9(12)6-8/h4-7H,3,13H2,1-2H3. The lowest BCUT2D eigenvalue weighted by Gasteiger charge is -2.07. The summed E-state index contributed by atoms with van der Waals surface area (Å²) in [5.74, 6) is -0.636. The molecule has 0 amide bonds. The van der Waals surface area contributed by atoms with Crippen LogP contribution in [0.5, 0.6) is 0 Å². The highest BCUT2D eigenvalue weighted by Crippen LogP contribution is 2.16. The summed E-state index contributed by atoms with van der Waals surface area (Å²) >= 11 is 0. The quantitative estimate of drug-likeness (QED) is 0.595. The number of ketones is 1. The molecule has 0 bridgehead atoms. The first-order valence-electron chi connectivity index (χ1n) is 4.65. The van der Waals surface area contributed by atoms with Crippen molar-refractivity contribution in [2.75, 3.05) is 5.73 Å². The molecule has 0 fully saturated rings. The Morgan fingerprint density at radius 3 is 2.71 bits per heavy atom. The molecular formula is C11H14FNO. The molecule has 0 heterocycles. The van der Waals surface area contributed by atoms with Gasteiger partial charge in [-0.05, 0) is 24.6 Å². The van der Waals surface area contributed by atoms with E-state index in [1.165, 1.54) is 12.1 Å². The summed E-state index contributed by atoms with van der Waals surface area (Å²) in [6, 6.07) is 4.18. The van der Waals surface area contributed by atoms with Crippen molar-refractivity contribution >= 4 is 11.5 Å². The highest BCUT2D eigenvalue weighted by Gasteiger charge is 2.14. The van der Waals surface area contributed by atoms with E-state index in [-0.39, 0.29) is 17.4 Å². The minimum atomic E-state index is -0.529. The first-order valence-corrected chi connectivity index (χ1v) is 4.65. The van der Waals surface area contributed by atoms with E-state index < -0.39 is 5.82 Å². The Hall–Kier alpha value is -1.38.